The highest BCUT2D eigenvalue weighted by molar-refractivity contribution is 5.87. The van der Waals surface area contributed by atoms with E-state index in [9.17, 15) is 0 Å². The van der Waals surface area contributed by atoms with Gasteiger partial charge in [0.25, 0.3) is 0 Å². The Morgan fingerprint density at radius 2 is 1.55 bits per heavy atom. The van der Waals surface area contributed by atoms with E-state index in [1.807, 2.05) is 6.20 Å². The van der Waals surface area contributed by atoms with Crippen LogP contribution < -0.4 is 0 Å². The molecule has 0 amide bonds. The lowest BCUT2D eigenvalue weighted by Gasteiger charge is -2.16. The van der Waals surface area contributed by atoms with Gasteiger partial charge in [-0.2, -0.15) is 0 Å². The Balaban J connectivity index is 4.36. The van der Waals surface area contributed by atoms with E-state index in [0.717, 1.165) is 0 Å². The van der Waals surface area contributed by atoms with Gasteiger partial charge in [-0.1, -0.05) is 26.3 Å². The van der Waals surface area contributed by atoms with Crippen molar-refractivity contribution in [1.29, 1.82) is 0 Å². The molecular weight excluding hydrogens is 134 g/mol. The normalized spacial score (nSPS) is 13.1. The molecule has 0 aliphatic rings. The lowest BCUT2D eigenvalue weighted by atomic mass is 9.91. The predicted octanol–water partition coefficient (Wildman–Crippen LogP) is 3.42. The fraction of sp³-hybridized carbons (Fsp3) is 0.700. The van der Waals surface area contributed by atoms with Crippen molar-refractivity contribution in [3.05, 3.63) is 11.8 Å². The zero-order valence-electron chi connectivity index (χ0n) is 8.52. The molecule has 0 N–H and O–H groups in total. The molecule has 0 rings (SSSR count). The van der Waals surface area contributed by atoms with Crippen molar-refractivity contribution in [3.63, 3.8) is 0 Å². The summed E-state index contributed by atoms with van der Waals surface area (Å²) in [6.45, 7) is 12.7. The van der Waals surface area contributed by atoms with Crippen LogP contribution in [0.15, 0.2) is 16.8 Å². The zero-order valence-corrected chi connectivity index (χ0v) is 8.52. The number of allylic oxidation sites excluding steroid dienone is 1. The summed E-state index contributed by atoms with van der Waals surface area (Å²) in [5.41, 5.74) is 2.62. The van der Waals surface area contributed by atoms with Crippen LogP contribution in [0.5, 0.6) is 0 Å². The minimum atomic E-state index is 0.200. The highest BCUT2D eigenvalue weighted by Crippen LogP contribution is 2.15. The largest absolute Gasteiger partial charge is 0.265 e. The summed E-state index contributed by atoms with van der Waals surface area (Å²) in [4.78, 5) is 4.35. The number of aliphatic imine (C=N–C) groups is 1. The van der Waals surface area contributed by atoms with Gasteiger partial charge < -0.3 is 0 Å². The zero-order chi connectivity index (χ0) is 9.07. The summed E-state index contributed by atoms with van der Waals surface area (Å²) < 4.78 is 0. The average molecular weight is 153 g/mol. The van der Waals surface area contributed by atoms with Crippen molar-refractivity contribution in [3.8, 4) is 0 Å². The first-order chi connectivity index (χ1) is 4.84. The molecule has 0 bridgehead atoms. The molecule has 0 radical (unpaired) electrons. The van der Waals surface area contributed by atoms with E-state index in [1.165, 1.54) is 11.3 Å². The van der Waals surface area contributed by atoms with Crippen LogP contribution in [0.3, 0.4) is 0 Å². The van der Waals surface area contributed by atoms with E-state index in [1.54, 1.807) is 0 Å². The average Bonchev–Trinajstić information content (AvgIpc) is 1.80. The van der Waals surface area contributed by atoms with E-state index in [-0.39, 0.29) is 5.41 Å². The van der Waals surface area contributed by atoms with E-state index in [4.69, 9.17) is 0 Å². The fourth-order valence-corrected chi connectivity index (χ4v) is 0.420. The molecule has 64 valence electrons. The Hall–Kier alpha value is -0.590. The first kappa shape index (κ1) is 10.4. The summed E-state index contributed by atoms with van der Waals surface area (Å²) in [5, 5.41) is 0. The number of hydrogen-bond acceptors (Lipinski definition) is 1. The molecule has 0 fully saturated rings. The molecule has 1 heteroatoms. The van der Waals surface area contributed by atoms with Crippen LogP contribution in [0.4, 0.5) is 0 Å². The molecule has 0 aliphatic heterocycles. The number of rotatable bonds is 1. The summed E-state index contributed by atoms with van der Waals surface area (Å²) in [7, 11) is 0. The monoisotopic (exact) mass is 153 g/mol. The number of nitrogens with zero attached hydrogens (tertiary/aromatic N) is 1. The van der Waals surface area contributed by atoms with Gasteiger partial charge in [-0.25, -0.2) is 0 Å². The van der Waals surface area contributed by atoms with Gasteiger partial charge >= 0.3 is 0 Å². The van der Waals surface area contributed by atoms with Crippen LogP contribution in [-0.4, -0.2) is 5.71 Å². The van der Waals surface area contributed by atoms with Gasteiger partial charge in [-0.15, -0.1) is 0 Å². The third kappa shape index (κ3) is 4.77. The van der Waals surface area contributed by atoms with Gasteiger partial charge in [-0.05, 0) is 26.2 Å². The van der Waals surface area contributed by atoms with Crippen LogP contribution in [0, 0.1) is 5.41 Å². The smallest absolute Gasteiger partial charge is 0.0253 e. The summed E-state index contributed by atoms with van der Waals surface area (Å²) in [5.74, 6) is 0. The molecule has 0 saturated carbocycles. The maximum absolute atomic E-state index is 4.35. The Morgan fingerprint density at radius 3 is 1.82 bits per heavy atom. The molecule has 0 aliphatic carbocycles. The second kappa shape index (κ2) is 3.70. The first-order valence-corrected chi connectivity index (χ1v) is 4.02. The summed E-state index contributed by atoms with van der Waals surface area (Å²) >= 11 is 0. The maximum Gasteiger partial charge on any atom is 0.0253 e. The maximum atomic E-state index is 4.35. The van der Waals surface area contributed by atoms with Gasteiger partial charge in [0.2, 0.25) is 0 Å². The van der Waals surface area contributed by atoms with Gasteiger partial charge in [0.1, 0.15) is 0 Å². The highest BCUT2D eigenvalue weighted by atomic mass is 14.7. The minimum Gasteiger partial charge on any atom is -0.265 e. The Bertz CT molecular complexity index is 176. The van der Waals surface area contributed by atoms with Crippen molar-refractivity contribution in [2.75, 3.05) is 0 Å². The van der Waals surface area contributed by atoms with E-state index in [0.29, 0.717) is 0 Å². The van der Waals surface area contributed by atoms with Crippen molar-refractivity contribution in [1.82, 2.24) is 0 Å². The van der Waals surface area contributed by atoms with Crippen molar-refractivity contribution in [2.24, 2.45) is 10.4 Å². The highest BCUT2D eigenvalue weighted by Gasteiger charge is 2.12. The topological polar surface area (TPSA) is 12.4 Å². The third-order valence-electron chi connectivity index (χ3n) is 1.60. The fourth-order valence-electron chi connectivity index (χ4n) is 0.420. The predicted molar refractivity (Wildman–Crippen MR) is 52.0 cm³/mol. The summed E-state index contributed by atoms with van der Waals surface area (Å²) in [6.07, 6.45) is 1.92. The molecule has 0 aromatic carbocycles. The van der Waals surface area contributed by atoms with Crippen molar-refractivity contribution < 1.29 is 0 Å². The summed E-state index contributed by atoms with van der Waals surface area (Å²) in [6, 6.07) is 0. The minimum absolute atomic E-state index is 0.200. The molecule has 0 heterocycles. The lowest BCUT2D eigenvalue weighted by Crippen LogP contribution is -2.16. The van der Waals surface area contributed by atoms with Gasteiger partial charge in [0.05, 0.1) is 0 Å². The Labute approximate surface area is 70.2 Å². The second-order valence-electron chi connectivity index (χ2n) is 4.17. The van der Waals surface area contributed by atoms with Crippen LogP contribution in [0.25, 0.3) is 0 Å². The van der Waals surface area contributed by atoms with E-state index in [2.05, 4.69) is 46.5 Å². The SMILES string of the molecule is CC(C)=CN=C(C)C(C)(C)C. The van der Waals surface area contributed by atoms with Gasteiger partial charge in [-0.3, -0.25) is 4.99 Å². The molecule has 0 aromatic rings. The molecule has 0 aromatic heterocycles. The van der Waals surface area contributed by atoms with Crippen LogP contribution in [-0.2, 0) is 0 Å². The van der Waals surface area contributed by atoms with Crippen LogP contribution >= 0.6 is 0 Å². The molecule has 1 nitrogen and oxygen atoms in total. The van der Waals surface area contributed by atoms with Gasteiger partial charge in [0.15, 0.2) is 0 Å². The standard InChI is InChI=1S/C10H19N/c1-8(2)7-11-9(3)10(4,5)6/h7H,1-6H3. The quantitative estimate of drug-likeness (QED) is 0.512. The number of hydrogen-bond donors (Lipinski definition) is 0. The molecule has 0 spiro atoms. The molecule has 11 heavy (non-hydrogen) atoms. The Morgan fingerprint density at radius 1 is 1.09 bits per heavy atom. The van der Waals surface area contributed by atoms with Crippen LogP contribution in [0.2, 0.25) is 0 Å². The van der Waals surface area contributed by atoms with Gasteiger partial charge in [0, 0.05) is 11.9 Å². The molecule has 0 unspecified atom stereocenters. The van der Waals surface area contributed by atoms with Crippen LogP contribution in [0.1, 0.15) is 41.5 Å². The first-order valence-electron chi connectivity index (χ1n) is 4.02. The third-order valence-corrected chi connectivity index (χ3v) is 1.60. The van der Waals surface area contributed by atoms with Crippen molar-refractivity contribution in [2.45, 2.75) is 41.5 Å². The van der Waals surface area contributed by atoms with Crippen molar-refractivity contribution >= 4 is 5.71 Å². The Kier molecular flexibility index (Phi) is 3.50. The molecule has 0 saturated heterocycles. The molecule has 0 atom stereocenters. The lowest BCUT2D eigenvalue weighted by molar-refractivity contribution is 0.588. The molecular formula is C10H19N. The second-order valence-corrected chi connectivity index (χ2v) is 4.17. The van der Waals surface area contributed by atoms with E-state index < -0.39 is 0 Å². The van der Waals surface area contributed by atoms with E-state index >= 15 is 0 Å².